The number of carboxylic acids is 2. The molecule has 0 amide bonds. The molecule has 14 heavy (non-hydrogen) atoms. The van der Waals surface area contributed by atoms with Crippen LogP contribution in [0.2, 0.25) is 0 Å². The van der Waals surface area contributed by atoms with Crippen molar-refractivity contribution in [2.45, 2.75) is 26.7 Å². The van der Waals surface area contributed by atoms with Crippen LogP contribution < -0.4 is 0 Å². The highest BCUT2D eigenvalue weighted by Crippen LogP contribution is 1.93. The fourth-order valence-corrected chi connectivity index (χ4v) is 0.370. The summed E-state index contributed by atoms with van der Waals surface area (Å²) in [5.74, 6) is -1.68. The van der Waals surface area contributed by atoms with Crippen LogP contribution in [0.3, 0.4) is 0 Å². The third kappa shape index (κ3) is 13.0. The third-order valence-corrected chi connectivity index (χ3v) is 1.26. The molecule has 4 nitrogen and oxygen atoms in total. The number of carbonyl (C=O) groups is 2. The van der Waals surface area contributed by atoms with E-state index in [1.54, 1.807) is 26.0 Å². The van der Waals surface area contributed by atoms with E-state index in [9.17, 15) is 9.59 Å². The van der Waals surface area contributed by atoms with Gasteiger partial charge in [0, 0.05) is 5.57 Å². The molecule has 0 aliphatic rings. The second kappa shape index (κ2) is 9.51. The number of hydrogen-bond acceptors (Lipinski definition) is 2. The second-order valence-electron chi connectivity index (χ2n) is 2.43. The first-order valence-electron chi connectivity index (χ1n) is 4.19. The van der Waals surface area contributed by atoms with Crippen LogP contribution >= 0.6 is 0 Å². The van der Waals surface area contributed by atoms with Gasteiger partial charge in [0.25, 0.3) is 0 Å². The van der Waals surface area contributed by atoms with Crippen molar-refractivity contribution in [1.29, 1.82) is 0 Å². The number of aliphatic carboxylic acids is 2. The van der Waals surface area contributed by atoms with Crippen molar-refractivity contribution in [1.82, 2.24) is 0 Å². The van der Waals surface area contributed by atoms with E-state index in [2.05, 4.69) is 6.58 Å². The second-order valence-corrected chi connectivity index (χ2v) is 2.43. The average molecular weight is 200 g/mol. The lowest BCUT2D eigenvalue weighted by Crippen LogP contribution is -1.95. The molecule has 0 rings (SSSR count). The number of allylic oxidation sites excluding steroid dienone is 1. The fourth-order valence-electron chi connectivity index (χ4n) is 0.370. The van der Waals surface area contributed by atoms with E-state index in [-0.39, 0.29) is 12.0 Å². The summed E-state index contributed by atoms with van der Waals surface area (Å²) in [5.41, 5.74) is 0.264. The van der Waals surface area contributed by atoms with Crippen molar-refractivity contribution >= 4 is 11.9 Å². The van der Waals surface area contributed by atoms with E-state index in [0.717, 1.165) is 0 Å². The SMILES string of the molecule is C=C(CC)C(=O)O.CC=CCC(=O)O. The smallest absolute Gasteiger partial charge is 0.330 e. The van der Waals surface area contributed by atoms with Crippen molar-refractivity contribution < 1.29 is 19.8 Å². The largest absolute Gasteiger partial charge is 0.481 e. The minimum Gasteiger partial charge on any atom is -0.481 e. The van der Waals surface area contributed by atoms with E-state index in [1.807, 2.05) is 0 Å². The van der Waals surface area contributed by atoms with Crippen LogP contribution in [0.1, 0.15) is 26.7 Å². The minimum absolute atomic E-state index is 0.135. The van der Waals surface area contributed by atoms with E-state index in [0.29, 0.717) is 6.42 Å². The zero-order valence-electron chi connectivity index (χ0n) is 8.49. The molecule has 80 valence electrons. The number of hydrogen-bond donors (Lipinski definition) is 2. The van der Waals surface area contributed by atoms with Gasteiger partial charge in [0.15, 0.2) is 0 Å². The van der Waals surface area contributed by atoms with Gasteiger partial charge < -0.3 is 10.2 Å². The highest BCUT2D eigenvalue weighted by Gasteiger charge is 1.96. The molecule has 4 heteroatoms. The molecule has 0 aliphatic carbocycles. The standard InChI is InChI=1S/2C5H8O2/c1-3-4(2)5(6)7;1-2-3-4-5(6)7/h2-3H2,1H3,(H,6,7);2-3H,4H2,1H3,(H,6,7). The molecule has 0 saturated carbocycles. The van der Waals surface area contributed by atoms with Crippen molar-refractivity contribution in [3.8, 4) is 0 Å². The summed E-state index contributed by atoms with van der Waals surface area (Å²) in [4.78, 5) is 19.5. The molecule has 0 radical (unpaired) electrons. The van der Waals surface area contributed by atoms with Gasteiger partial charge in [0.2, 0.25) is 0 Å². The molecule has 0 aliphatic heterocycles. The minimum atomic E-state index is -0.900. The van der Waals surface area contributed by atoms with Crippen LogP contribution in [-0.2, 0) is 9.59 Å². The van der Waals surface area contributed by atoms with Crippen LogP contribution in [0.15, 0.2) is 24.3 Å². The Morgan fingerprint density at radius 1 is 1.36 bits per heavy atom. The van der Waals surface area contributed by atoms with Gasteiger partial charge in [-0.2, -0.15) is 0 Å². The monoisotopic (exact) mass is 200 g/mol. The molecule has 0 aromatic carbocycles. The molecular weight excluding hydrogens is 184 g/mol. The lowest BCUT2D eigenvalue weighted by molar-refractivity contribution is -0.136. The third-order valence-electron chi connectivity index (χ3n) is 1.26. The van der Waals surface area contributed by atoms with Gasteiger partial charge in [-0.05, 0) is 13.3 Å². The summed E-state index contributed by atoms with van der Waals surface area (Å²) in [6, 6.07) is 0. The van der Waals surface area contributed by atoms with E-state index < -0.39 is 11.9 Å². The summed E-state index contributed by atoms with van der Waals surface area (Å²) < 4.78 is 0. The van der Waals surface area contributed by atoms with Crippen LogP contribution in [-0.4, -0.2) is 22.2 Å². The normalized spacial score (nSPS) is 9.00. The zero-order chi connectivity index (χ0) is 11.6. The average Bonchev–Trinajstić information content (AvgIpc) is 2.14. The molecule has 0 unspecified atom stereocenters. The van der Waals surface area contributed by atoms with Gasteiger partial charge in [-0.25, -0.2) is 4.79 Å². The summed E-state index contributed by atoms with van der Waals surface area (Å²) in [5, 5.41) is 16.1. The highest BCUT2D eigenvalue weighted by atomic mass is 16.4. The molecule has 0 spiro atoms. The van der Waals surface area contributed by atoms with Gasteiger partial charge >= 0.3 is 11.9 Å². The quantitative estimate of drug-likeness (QED) is 0.538. The summed E-state index contributed by atoms with van der Waals surface area (Å²) >= 11 is 0. The Morgan fingerprint density at radius 2 is 1.86 bits per heavy atom. The molecule has 0 aromatic heterocycles. The van der Waals surface area contributed by atoms with Crippen LogP contribution in [0.5, 0.6) is 0 Å². The topological polar surface area (TPSA) is 74.6 Å². The first-order valence-corrected chi connectivity index (χ1v) is 4.19. The van der Waals surface area contributed by atoms with Gasteiger partial charge in [0.1, 0.15) is 0 Å². The Kier molecular flexibility index (Phi) is 10.1. The van der Waals surface area contributed by atoms with Crippen LogP contribution in [0, 0.1) is 0 Å². The number of carboxylic acid groups (broad SMARTS) is 2. The van der Waals surface area contributed by atoms with Crippen molar-refractivity contribution in [2.75, 3.05) is 0 Å². The van der Waals surface area contributed by atoms with Gasteiger partial charge in [-0.1, -0.05) is 25.7 Å². The maximum Gasteiger partial charge on any atom is 0.330 e. The zero-order valence-corrected chi connectivity index (χ0v) is 8.49. The van der Waals surface area contributed by atoms with Crippen molar-refractivity contribution in [3.05, 3.63) is 24.3 Å². The lowest BCUT2D eigenvalue weighted by Gasteiger charge is -1.87. The van der Waals surface area contributed by atoms with Crippen LogP contribution in [0.4, 0.5) is 0 Å². The Labute approximate surface area is 83.6 Å². The van der Waals surface area contributed by atoms with E-state index >= 15 is 0 Å². The molecular formula is C10H16O4. The van der Waals surface area contributed by atoms with Gasteiger partial charge in [0.05, 0.1) is 6.42 Å². The van der Waals surface area contributed by atoms with E-state index in [1.165, 1.54) is 0 Å². The molecule has 0 fully saturated rings. The Bertz CT molecular complexity index is 228. The molecule has 0 atom stereocenters. The maximum atomic E-state index is 9.83. The first-order chi connectivity index (χ1) is 6.45. The summed E-state index contributed by atoms with van der Waals surface area (Å²) in [6.07, 6.45) is 3.97. The molecule has 2 N–H and O–H groups in total. The molecule has 0 heterocycles. The Morgan fingerprint density at radius 3 is 1.93 bits per heavy atom. The summed E-state index contributed by atoms with van der Waals surface area (Å²) in [6.45, 7) is 6.83. The summed E-state index contributed by atoms with van der Waals surface area (Å²) in [7, 11) is 0. The Hall–Kier alpha value is -1.58. The van der Waals surface area contributed by atoms with E-state index in [4.69, 9.17) is 10.2 Å². The number of rotatable bonds is 4. The fraction of sp³-hybridized carbons (Fsp3) is 0.400. The van der Waals surface area contributed by atoms with Gasteiger partial charge in [-0.15, -0.1) is 0 Å². The lowest BCUT2D eigenvalue weighted by atomic mass is 10.2. The van der Waals surface area contributed by atoms with Crippen LogP contribution in [0.25, 0.3) is 0 Å². The first kappa shape index (κ1) is 14.9. The predicted molar refractivity (Wildman–Crippen MR) is 54.1 cm³/mol. The predicted octanol–water partition coefficient (Wildman–Crippen LogP) is 2.07. The van der Waals surface area contributed by atoms with Crippen molar-refractivity contribution in [2.24, 2.45) is 0 Å². The maximum absolute atomic E-state index is 9.83. The molecule has 0 aromatic rings. The Balaban J connectivity index is 0. The highest BCUT2D eigenvalue weighted by molar-refractivity contribution is 5.85. The van der Waals surface area contributed by atoms with Crippen molar-refractivity contribution in [3.63, 3.8) is 0 Å². The molecule has 0 saturated heterocycles. The molecule has 0 bridgehead atoms. The van der Waals surface area contributed by atoms with Gasteiger partial charge in [-0.3, -0.25) is 4.79 Å².